The largest absolute Gasteiger partial charge is 0.490 e. The van der Waals surface area contributed by atoms with Crippen molar-refractivity contribution in [3.63, 3.8) is 0 Å². The van der Waals surface area contributed by atoms with Crippen molar-refractivity contribution < 1.29 is 4.74 Å². The molecule has 158 valence electrons. The first-order valence-corrected chi connectivity index (χ1v) is 11.0. The Morgan fingerprint density at radius 2 is 1.83 bits per heavy atom. The van der Waals surface area contributed by atoms with Crippen molar-refractivity contribution in [2.24, 2.45) is 7.05 Å². The first-order valence-electron chi connectivity index (χ1n) is 10.6. The van der Waals surface area contributed by atoms with Gasteiger partial charge in [-0.05, 0) is 37.5 Å². The average Bonchev–Trinajstić information content (AvgIpc) is 3.32. The number of piperazine rings is 1. The normalized spacial score (nSPS) is 18.6. The Morgan fingerprint density at radius 1 is 1.14 bits per heavy atom. The number of nitrogens with zero attached hydrogens (tertiary/aromatic N) is 4. The minimum Gasteiger partial charge on any atom is -0.490 e. The number of ether oxygens (including phenoxy) is 1. The molecule has 1 saturated carbocycles. The highest BCUT2D eigenvalue weighted by Crippen LogP contribution is 2.31. The van der Waals surface area contributed by atoms with E-state index in [9.17, 15) is 4.79 Å². The molecule has 4 rings (SSSR count). The summed E-state index contributed by atoms with van der Waals surface area (Å²) < 4.78 is 9.52. The number of halogens is 1. The van der Waals surface area contributed by atoms with Gasteiger partial charge in [-0.15, -0.1) is 0 Å². The zero-order chi connectivity index (χ0) is 20.5. The number of hydrogen-bond acceptors (Lipinski definition) is 4. The first kappa shape index (κ1) is 20.4. The maximum Gasteiger partial charge on any atom is 0.309 e. The van der Waals surface area contributed by atoms with Gasteiger partial charge in [0.2, 0.25) is 5.75 Å². The molecule has 2 heterocycles. The molecule has 2 aromatic rings. The van der Waals surface area contributed by atoms with Crippen molar-refractivity contribution in [3.8, 4) is 5.75 Å². The monoisotopic (exact) mass is 418 g/mol. The minimum absolute atomic E-state index is 0.0186. The predicted octanol–water partition coefficient (Wildman–Crippen LogP) is 3.59. The van der Waals surface area contributed by atoms with E-state index in [4.69, 9.17) is 16.3 Å². The third kappa shape index (κ3) is 3.80. The summed E-state index contributed by atoms with van der Waals surface area (Å²) >= 11 is 6.31. The summed E-state index contributed by atoms with van der Waals surface area (Å²) in [5, 5.41) is 0.818. The molecule has 1 aromatic carbocycles. The summed E-state index contributed by atoms with van der Waals surface area (Å²) in [6.45, 7) is 6.59. The van der Waals surface area contributed by atoms with E-state index >= 15 is 0 Å². The smallest absolute Gasteiger partial charge is 0.309 e. The molecular weight excluding hydrogens is 388 g/mol. The van der Waals surface area contributed by atoms with Crippen LogP contribution in [0.15, 0.2) is 23.0 Å². The van der Waals surface area contributed by atoms with Crippen LogP contribution in [0.5, 0.6) is 5.75 Å². The zero-order valence-corrected chi connectivity index (χ0v) is 18.4. The Labute approximate surface area is 177 Å². The van der Waals surface area contributed by atoms with Gasteiger partial charge in [0.15, 0.2) is 0 Å². The zero-order valence-electron chi connectivity index (χ0n) is 17.7. The van der Waals surface area contributed by atoms with Crippen molar-refractivity contribution in [1.29, 1.82) is 0 Å². The highest BCUT2D eigenvalue weighted by Gasteiger charge is 2.28. The van der Waals surface area contributed by atoms with E-state index in [1.165, 1.54) is 18.5 Å². The van der Waals surface area contributed by atoms with E-state index in [1.807, 2.05) is 28.5 Å². The lowest BCUT2D eigenvalue weighted by Crippen LogP contribution is -2.46. The fourth-order valence-corrected chi connectivity index (χ4v) is 5.05. The number of anilines is 1. The number of benzene rings is 1. The van der Waals surface area contributed by atoms with Crippen LogP contribution < -0.4 is 15.2 Å². The molecular formula is C22H31ClN4O2. The van der Waals surface area contributed by atoms with Crippen molar-refractivity contribution >= 4 is 17.3 Å². The van der Waals surface area contributed by atoms with Crippen molar-refractivity contribution in [3.05, 3.63) is 44.8 Å². The maximum absolute atomic E-state index is 13.0. The second-order valence-corrected chi connectivity index (χ2v) is 8.65. The summed E-state index contributed by atoms with van der Waals surface area (Å²) in [4.78, 5) is 17.8. The number of aromatic nitrogens is 2. The predicted molar refractivity (Wildman–Crippen MR) is 117 cm³/mol. The molecule has 0 unspecified atom stereocenters. The third-order valence-corrected chi connectivity index (χ3v) is 6.99. The molecule has 1 saturated heterocycles. The molecule has 1 aliphatic heterocycles. The molecule has 0 atom stereocenters. The van der Waals surface area contributed by atoms with Gasteiger partial charge in [0.1, 0.15) is 0 Å². The standard InChI is InChI=1S/C22H31ClN4O2/c1-16-18(23)9-6-10-19(16)26-13-11-25(12-14-26)15-20-21(29-3)22(28)27(24(20)2)17-7-4-5-8-17/h6,9-10,17H,4-5,7-8,11-15H2,1-3H3. The van der Waals surface area contributed by atoms with Gasteiger partial charge >= 0.3 is 5.56 Å². The van der Waals surface area contributed by atoms with Crippen LogP contribution in [-0.2, 0) is 13.6 Å². The van der Waals surface area contributed by atoms with E-state index in [-0.39, 0.29) is 5.56 Å². The molecule has 0 amide bonds. The minimum atomic E-state index is 0.0186. The molecule has 7 heteroatoms. The van der Waals surface area contributed by atoms with Gasteiger partial charge in [0.05, 0.1) is 18.8 Å². The van der Waals surface area contributed by atoms with Crippen LogP contribution in [0.25, 0.3) is 0 Å². The van der Waals surface area contributed by atoms with E-state index in [1.54, 1.807) is 7.11 Å². The quantitative estimate of drug-likeness (QED) is 0.744. The molecule has 0 N–H and O–H groups in total. The van der Waals surface area contributed by atoms with Crippen molar-refractivity contribution in [2.45, 2.75) is 45.2 Å². The molecule has 0 bridgehead atoms. The summed E-state index contributed by atoms with van der Waals surface area (Å²) in [5.74, 6) is 0.507. The lowest BCUT2D eigenvalue weighted by molar-refractivity contribution is 0.236. The molecule has 6 nitrogen and oxygen atoms in total. The van der Waals surface area contributed by atoms with E-state index in [0.717, 1.165) is 61.8 Å². The van der Waals surface area contributed by atoms with Crippen LogP contribution in [-0.4, -0.2) is 47.6 Å². The lowest BCUT2D eigenvalue weighted by atomic mass is 10.1. The second-order valence-electron chi connectivity index (χ2n) is 8.24. The summed E-state index contributed by atoms with van der Waals surface area (Å²) in [7, 11) is 3.61. The van der Waals surface area contributed by atoms with Gasteiger partial charge in [0.25, 0.3) is 0 Å². The number of methoxy groups -OCH3 is 1. The van der Waals surface area contributed by atoms with Crippen molar-refractivity contribution in [1.82, 2.24) is 14.3 Å². The Balaban J connectivity index is 1.49. The van der Waals surface area contributed by atoms with Gasteiger partial charge in [-0.2, -0.15) is 0 Å². The fraction of sp³-hybridized carbons (Fsp3) is 0.591. The molecule has 1 aromatic heterocycles. The fourth-order valence-electron chi connectivity index (χ4n) is 4.88. The number of hydrogen-bond donors (Lipinski definition) is 0. The van der Waals surface area contributed by atoms with Crippen LogP contribution in [0.3, 0.4) is 0 Å². The molecule has 1 aliphatic carbocycles. The number of rotatable bonds is 5. The Morgan fingerprint density at radius 3 is 2.48 bits per heavy atom. The SMILES string of the molecule is COc1c(CN2CCN(c3cccc(Cl)c3C)CC2)n(C)n(C2CCCC2)c1=O. The lowest BCUT2D eigenvalue weighted by Gasteiger charge is -2.37. The van der Waals surface area contributed by atoms with Crippen LogP contribution in [0, 0.1) is 6.92 Å². The maximum atomic E-state index is 13.0. The highest BCUT2D eigenvalue weighted by atomic mass is 35.5. The van der Waals surface area contributed by atoms with Crippen LogP contribution in [0.4, 0.5) is 5.69 Å². The third-order valence-electron chi connectivity index (χ3n) is 6.58. The summed E-state index contributed by atoms with van der Waals surface area (Å²) in [6.07, 6.45) is 4.56. The Bertz CT molecular complexity index is 922. The van der Waals surface area contributed by atoms with Gasteiger partial charge in [-0.25, -0.2) is 4.68 Å². The Hall–Kier alpha value is -1.92. The summed E-state index contributed by atoms with van der Waals surface area (Å²) in [5.41, 5.74) is 3.36. The molecule has 2 aliphatic rings. The van der Waals surface area contributed by atoms with E-state index in [0.29, 0.717) is 11.8 Å². The van der Waals surface area contributed by atoms with Crippen LogP contribution >= 0.6 is 11.6 Å². The first-order chi connectivity index (χ1) is 14.0. The highest BCUT2D eigenvalue weighted by molar-refractivity contribution is 6.31. The van der Waals surface area contributed by atoms with Gasteiger partial charge in [-0.1, -0.05) is 30.5 Å². The molecule has 0 radical (unpaired) electrons. The molecule has 0 spiro atoms. The van der Waals surface area contributed by atoms with Crippen molar-refractivity contribution in [2.75, 3.05) is 38.2 Å². The Kier molecular flexibility index (Phi) is 5.93. The topological polar surface area (TPSA) is 42.6 Å². The van der Waals surface area contributed by atoms with Gasteiger partial charge < -0.3 is 9.64 Å². The molecule has 29 heavy (non-hydrogen) atoms. The van der Waals surface area contributed by atoms with Gasteiger partial charge in [0, 0.05) is 50.5 Å². The second kappa shape index (κ2) is 8.44. The van der Waals surface area contributed by atoms with E-state index < -0.39 is 0 Å². The molecule has 2 fully saturated rings. The van der Waals surface area contributed by atoms with Crippen LogP contribution in [0.2, 0.25) is 5.02 Å². The van der Waals surface area contributed by atoms with E-state index in [2.05, 4.69) is 22.8 Å². The summed E-state index contributed by atoms with van der Waals surface area (Å²) in [6, 6.07) is 6.41. The van der Waals surface area contributed by atoms with Crippen LogP contribution in [0.1, 0.15) is 43.0 Å². The van der Waals surface area contributed by atoms with Gasteiger partial charge in [-0.3, -0.25) is 14.4 Å². The average molecular weight is 419 g/mol.